The molecule has 0 saturated carbocycles. The second-order valence-corrected chi connectivity index (χ2v) is 13.2. The summed E-state index contributed by atoms with van der Waals surface area (Å²) in [7, 11) is 0. The summed E-state index contributed by atoms with van der Waals surface area (Å²) in [5.41, 5.74) is 4.13. The maximum atomic E-state index is 15.2. The zero-order valence-electron chi connectivity index (χ0n) is 22.0. The summed E-state index contributed by atoms with van der Waals surface area (Å²) >= 11 is -0.368. The third kappa shape index (κ3) is 4.92. The van der Waals surface area contributed by atoms with Crippen molar-refractivity contribution in [2.45, 2.75) is 30.2 Å². The molecule has 0 spiro atoms. The van der Waals surface area contributed by atoms with Crippen molar-refractivity contribution < 1.29 is 48.4 Å². The van der Waals surface area contributed by atoms with E-state index < -0.39 is 35.5 Å². The molecule has 1 N–H and O–H groups in total. The molecule has 214 valence electrons. The summed E-state index contributed by atoms with van der Waals surface area (Å²) in [4.78, 5) is 21.5. The topological polar surface area (TPSA) is 44.8 Å². The Morgan fingerprint density at radius 2 is 1.69 bits per heavy atom. The van der Waals surface area contributed by atoms with Crippen LogP contribution in [0.25, 0.3) is 0 Å². The molecule has 0 radical (unpaired) electrons. The quantitative estimate of drug-likeness (QED) is 0.192. The number of nitrogens with zero attached hydrogens (tertiary/aromatic N) is 2. The third-order valence-electron chi connectivity index (χ3n) is 7.56. The van der Waals surface area contributed by atoms with Gasteiger partial charge >= 0.3 is 240 Å². The number of fused-ring (bicyclic) bond motifs is 6. The molecule has 10 heteroatoms. The van der Waals surface area contributed by atoms with Gasteiger partial charge in [0.1, 0.15) is 5.82 Å². The zero-order chi connectivity index (χ0) is 29.0. The van der Waals surface area contributed by atoms with Crippen molar-refractivity contribution in [3.8, 4) is 0 Å². The van der Waals surface area contributed by atoms with Crippen LogP contribution in [0.15, 0.2) is 88.3 Å². The molecular weight excluding hydrogens is 661 g/mol. The molecule has 7 rings (SSSR count). The van der Waals surface area contributed by atoms with Crippen molar-refractivity contribution in [2.24, 2.45) is 0 Å². The van der Waals surface area contributed by atoms with Crippen LogP contribution in [0.3, 0.4) is 0 Å². The molecule has 3 heterocycles. The molecule has 0 aliphatic carbocycles. The van der Waals surface area contributed by atoms with Gasteiger partial charge in [-0.15, -0.1) is 0 Å². The number of allylic oxidation sites excluding steroid dienone is 1. The first-order chi connectivity index (χ1) is 20.4. The van der Waals surface area contributed by atoms with Gasteiger partial charge in [-0.3, -0.25) is 0 Å². The molecule has 1 fully saturated rings. The van der Waals surface area contributed by atoms with Crippen molar-refractivity contribution in [3.05, 3.63) is 145 Å². The number of hydroxylamine groups is 2. The van der Waals surface area contributed by atoms with Crippen LogP contribution >= 0.6 is 0 Å². The number of hydrogen-bond acceptors (Lipinski definition) is 4. The second kappa shape index (κ2) is 10.7. The summed E-state index contributed by atoms with van der Waals surface area (Å²) in [6, 6.07) is 21.4. The molecule has 4 aromatic carbocycles. The molecule has 1 unspecified atom stereocenters. The first kappa shape index (κ1) is 27.0. The Kier molecular flexibility index (Phi) is 6.89. The molecule has 1 saturated heterocycles. The minimum absolute atomic E-state index is 0.200. The molecule has 1 atom stereocenters. The van der Waals surface area contributed by atoms with Crippen LogP contribution in [0.5, 0.6) is 0 Å². The maximum absolute atomic E-state index is 15.2. The summed E-state index contributed by atoms with van der Waals surface area (Å²) in [5.74, 6) is -3.10. The van der Waals surface area contributed by atoms with E-state index in [1.807, 2.05) is 52.4 Å². The SMILES string of the molecule is O=C(NCc1c(F)cc(F)cc1F)c1ccc2c(c1)N1Cc3c(F)cccc3C3[I-]C3=C1N(OCc1ccccc1)C2. The van der Waals surface area contributed by atoms with Crippen LogP contribution in [-0.2, 0) is 31.1 Å². The molecule has 4 aromatic rings. The van der Waals surface area contributed by atoms with Crippen molar-refractivity contribution in [1.82, 2.24) is 10.4 Å². The number of hydrogen-bond donors (Lipinski definition) is 1. The fourth-order valence-corrected chi connectivity index (χ4v) is 8.27. The number of carbonyl (C=O) groups is 1. The van der Waals surface area contributed by atoms with E-state index in [0.717, 1.165) is 28.2 Å². The summed E-state index contributed by atoms with van der Waals surface area (Å²) in [6.45, 7) is 0.609. The van der Waals surface area contributed by atoms with Gasteiger partial charge in [-0.05, 0) is 0 Å². The third-order valence-corrected chi connectivity index (χ3v) is 10.6. The number of halogens is 5. The molecule has 3 aliphatic rings. The van der Waals surface area contributed by atoms with Gasteiger partial charge in [0.2, 0.25) is 0 Å². The number of amides is 1. The van der Waals surface area contributed by atoms with Gasteiger partial charge in [-0.25, -0.2) is 4.39 Å². The van der Waals surface area contributed by atoms with Crippen LogP contribution < -0.4 is 31.4 Å². The monoisotopic (exact) mass is 684 g/mol. The molecule has 3 aliphatic heterocycles. The minimum atomic E-state index is -1.07. The first-order valence-corrected chi connectivity index (χ1v) is 15.6. The van der Waals surface area contributed by atoms with Crippen molar-refractivity contribution in [3.63, 3.8) is 0 Å². The van der Waals surface area contributed by atoms with Gasteiger partial charge in [0.25, 0.3) is 0 Å². The van der Waals surface area contributed by atoms with Gasteiger partial charge in [0.05, 0.1) is 0 Å². The molecule has 42 heavy (non-hydrogen) atoms. The Labute approximate surface area is 249 Å². The van der Waals surface area contributed by atoms with Gasteiger partial charge in [0.15, 0.2) is 0 Å². The average molecular weight is 684 g/mol. The number of carbonyl (C=O) groups excluding carboxylic acids is 1. The Morgan fingerprint density at radius 1 is 0.905 bits per heavy atom. The first-order valence-electron chi connectivity index (χ1n) is 13.3. The molecule has 1 amide bonds. The van der Waals surface area contributed by atoms with E-state index in [2.05, 4.69) is 5.32 Å². The van der Waals surface area contributed by atoms with E-state index in [9.17, 15) is 18.0 Å². The Morgan fingerprint density at radius 3 is 2.48 bits per heavy atom. The molecule has 0 aromatic heterocycles. The average Bonchev–Trinajstić information content (AvgIpc) is 3.78. The van der Waals surface area contributed by atoms with Gasteiger partial charge < -0.3 is 0 Å². The van der Waals surface area contributed by atoms with E-state index in [4.69, 9.17) is 4.84 Å². The van der Waals surface area contributed by atoms with E-state index in [1.54, 1.807) is 18.2 Å². The van der Waals surface area contributed by atoms with E-state index in [-0.39, 0.29) is 43.1 Å². The number of alkyl halides is 1. The van der Waals surface area contributed by atoms with Crippen molar-refractivity contribution in [2.75, 3.05) is 4.90 Å². The van der Waals surface area contributed by atoms with Gasteiger partial charge in [-0.1, -0.05) is 0 Å². The fraction of sp³-hybridized carbons (Fsp3) is 0.156. The van der Waals surface area contributed by atoms with Crippen LogP contribution in [0.2, 0.25) is 0 Å². The zero-order valence-corrected chi connectivity index (χ0v) is 24.2. The Balaban J connectivity index is 1.22. The number of anilines is 1. The standard InChI is InChI=1S/C32H23F4IN3O2/c33-21-12-26(35)23(27(36)13-21)14-38-31(41)19-9-10-20-15-40(42-17-18-5-2-1-3-6-18)32-30-29(37-30)22-7-4-8-25(34)24(22)16-39(32)28(20)11-19/h1-13,29H,14-17H2,(H,38,41)/q-1. The molecule has 5 nitrogen and oxygen atoms in total. The van der Waals surface area contributed by atoms with E-state index in [1.165, 1.54) is 9.65 Å². The van der Waals surface area contributed by atoms with Crippen molar-refractivity contribution >= 4 is 11.6 Å². The fourth-order valence-electron chi connectivity index (χ4n) is 5.40. The Bertz CT molecular complexity index is 1740. The van der Waals surface area contributed by atoms with E-state index in [0.29, 0.717) is 30.8 Å². The summed E-state index contributed by atoms with van der Waals surface area (Å²) in [6.07, 6.45) is 0. The molecular formula is C32H23F4IN3O2-. The van der Waals surface area contributed by atoms with Crippen LogP contribution in [0.4, 0.5) is 23.2 Å². The van der Waals surface area contributed by atoms with Gasteiger partial charge in [0, 0.05) is 0 Å². The van der Waals surface area contributed by atoms with E-state index >= 15 is 4.39 Å². The van der Waals surface area contributed by atoms with Crippen LogP contribution in [0.1, 0.15) is 42.1 Å². The number of rotatable bonds is 6. The summed E-state index contributed by atoms with van der Waals surface area (Å²) in [5, 5.41) is 4.42. The number of nitrogens with one attached hydrogen (secondary N) is 1. The second-order valence-electron chi connectivity index (χ2n) is 10.2. The van der Waals surface area contributed by atoms with Crippen LogP contribution in [0, 0.1) is 23.3 Å². The number of benzene rings is 4. The van der Waals surface area contributed by atoms with Crippen LogP contribution in [-0.4, -0.2) is 11.0 Å². The van der Waals surface area contributed by atoms with Gasteiger partial charge in [-0.2, -0.15) is 0 Å². The summed E-state index contributed by atoms with van der Waals surface area (Å²) < 4.78 is 58.2. The predicted octanol–water partition coefficient (Wildman–Crippen LogP) is 3.45. The van der Waals surface area contributed by atoms with Crippen molar-refractivity contribution in [1.29, 1.82) is 0 Å². The normalized spacial score (nSPS) is 16.9. The Hall–Kier alpha value is -3.90. The molecule has 0 bridgehead atoms. The predicted molar refractivity (Wildman–Crippen MR) is 143 cm³/mol.